The Morgan fingerprint density at radius 3 is 2.61 bits per heavy atom. The standard InChI is InChI=1S/C15H15N3O5/c19-13-5-4-10(8-14(13)20)6-7-16-15(21)17-11-2-1-3-12(9-11)18(22)23/h1-5,8-9,19-20H,6-7H2,(H2,16,17,21). The quantitative estimate of drug-likeness (QED) is 0.383. The van der Waals surface area contributed by atoms with Gasteiger partial charge in [-0.25, -0.2) is 4.79 Å². The van der Waals surface area contributed by atoms with Crippen molar-refractivity contribution in [3.05, 3.63) is 58.1 Å². The second-order valence-corrected chi connectivity index (χ2v) is 4.76. The lowest BCUT2D eigenvalue weighted by Gasteiger charge is -2.08. The van der Waals surface area contributed by atoms with Gasteiger partial charge in [-0.05, 0) is 30.2 Å². The Hall–Kier alpha value is -3.29. The predicted octanol–water partition coefficient (Wildman–Crippen LogP) is 2.37. The number of nitro benzene ring substituents is 1. The number of urea groups is 1. The third-order valence-corrected chi connectivity index (χ3v) is 3.05. The Morgan fingerprint density at radius 2 is 1.91 bits per heavy atom. The molecule has 2 rings (SSSR count). The van der Waals surface area contributed by atoms with Gasteiger partial charge in [0, 0.05) is 24.4 Å². The maximum atomic E-state index is 11.7. The molecule has 0 aliphatic heterocycles. The minimum atomic E-state index is -0.541. The Bertz CT molecular complexity index is 733. The number of aromatic hydroxyl groups is 2. The van der Waals surface area contributed by atoms with Crippen molar-refractivity contribution in [3.8, 4) is 11.5 Å². The predicted molar refractivity (Wildman–Crippen MR) is 83.6 cm³/mol. The summed E-state index contributed by atoms with van der Waals surface area (Å²) in [6.45, 7) is 0.297. The average molecular weight is 317 g/mol. The minimum absolute atomic E-state index is 0.109. The number of rotatable bonds is 5. The van der Waals surface area contributed by atoms with E-state index in [1.165, 1.54) is 30.3 Å². The van der Waals surface area contributed by atoms with Crippen molar-refractivity contribution in [3.63, 3.8) is 0 Å². The first-order valence-electron chi connectivity index (χ1n) is 6.76. The summed E-state index contributed by atoms with van der Waals surface area (Å²) in [5.41, 5.74) is 0.956. The van der Waals surface area contributed by atoms with Crippen LogP contribution < -0.4 is 10.6 Å². The van der Waals surface area contributed by atoms with Crippen LogP contribution in [0.4, 0.5) is 16.2 Å². The zero-order valence-corrected chi connectivity index (χ0v) is 12.0. The van der Waals surface area contributed by atoms with Gasteiger partial charge in [0.1, 0.15) is 0 Å². The number of amides is 2. The number of benzene rings is 2. The summed E-state index contributed by atoms with van der Waals surface area (Å²) in [5.74, 6) is -0.423. The van der Waals surface area contributed by atoms with Crippen LogP contribution in [0.2, 0.25) is 0 Å². The molecule has 0 aliphatic rings. The first-order chi connectivity index (χ1) is 11.0. The number of nitrogens with zero attached hydrogens (tertiary/aromatic N) is 1. The summed E-state index contributed by atoms with van der Waals surface area (Å²) >= 11 is 0. The molecule has 0 unspecified atom stereocenters. The molecule has 0 spiro atoms. The van der Waals surface area contributed by atoms with E-state index < -0.39 is 11.0 Å². The first kappa shape index (κ1) is 16.1. The summed E-state index contributed by atoms with van der Waals surface area (Å²) < 4.78 is 0. The monoisotopic (exact) mass is 317 g/mol. The van der Waals surface area contributed by atoms with Crippen molar-refractivity contribution in [2.75, 3.05) is 11.9 Å². The SMILES string of the molecule is O=C(NCCc1ccc(O)c(O)c1)Nc1cccc([N+](=O)[O-])c1. The van der Waals surface area contributed by atoms with E-state index in [2.05, 4.69) is 10.6 Å². The molecule has 0 bridgehead atoms. The van der Waals surface area contributed by atoms with Crippen molar-refractivity contribution in [2.45, 2.75) is 6.42 Å². The van der Waals surface area contributed by atoms with Crippen LogP contribution in [0, 0.1) is 10.1 Å². The molecule has 0 saturated carbocycles. The molecule has 4 N–H and O–H groups in total. The highest BCUT2D eigenvalue weighted by atomic mass is 16.6. The molecule has 0 radical (unpaired) electrons. The Kier molecular flexibility index (Phi) is 4.98. The molecule has 23 heavy (non-hydrogen) atoms. The van der Waals surface area contributed by atoms with Crippen molar-refractivity contribution >= 4 is 17.4 Å². The molecule has 120 valence electrons. The molecule has 0 heterocycles. The first-order valence-corrected chi connectivity index (χ1v) is 6.76. The van der Waals surface area contributed by atoms with Crippen LogP contribution in [0.3, 0.4) is 0 Å². The van der Waals surface area contributed by atoms with E-state index in [0.717, 1.165) is 5.56 Å². The topological polar surface area (TPSA) is 125 Å². The maximum Gasteiger partial charge on any atom is 0.319 e. The summed E-state index contributed by atoms with van der Waals surface area (Å²) in [5, 5.41) is 34.3. The molecular weight excluding hydrogens is 302 g/mol. The van der Waals surface area contributed by atoms with Crippen LogP contribution in [-0.4, -0.2) is 27.7 Å². The molecule has 8 nitrogen and oxygen atoms in total. The molecule has 0 atom stereocenters. The molecule has 2 aromatic carbocycles. The molecule has 2 aromatic rings. The smallest absolute Gasteiger partial charge is 0.319 e. The van der Waals surface area contributed by atoms with Gasteiger partial charge in [-0.2, -0.15) is 0 Å². The lowest BCUT2D eigenvalue weighted by Crippen LogP contribution is -2.30. The van der Waals surface area contributed by atoms with Gasteiger partial charge in [0.15, 0.2) is 11.5 Å². The van der Waals surface area contributed by atoms with Crippen LogP contribution in [0.25, 0.3) is 0 Å². The van der Waals surface area contributed by atoms with E-state index >= 15 is 0 Å². The Balaban J connectivity index is 1.84. The number of non-ortho nitro benzene ring substituents is 1. The zero-order chi connectivity index (χ0) is 16.8. The van der Waals surface area contributed by atoms with Crippen LogP contribution in [-0.2, 0) is 6.42 Å². The van der Waals surface area contributed by atoms with Crippen molar-refractivity contribution in [1.29, 1.82) is 0 Å². The van der Waals surface area contributed by atoms with Crippen LogP contribution >= 0.6 is 0 Å². The number of nitro groups is 1. The molecule has 0 saturated heterocycles. The minimum Gasteiger partial charge on any atom is -0.504 e. The van der Waals surface area contributed by atoms with Crippen molar-refractivity contribution < 1.29 is 19.9 Å². The molecule has 0 fully saturated rings. The van der Waals surface area contributed by atoms with Crippen LogP contribution in [0.1, 0.15) is 5.56 Å². The Morgan fingerprint density at radius 1 is 1.13 bits per heavy atom. The van der Waals surface area contributed by atoms with Crippen LogP contribution in [0.15, 0.2) is 42.5 Å². The number of hydrogen-bond donors (Lipinski definition) is 4. The molecule has 2 amide bonds. The van der Waals surface area contributed by atoms with E-state index in [1.54, 1.807) is 12.1 Å². The number of carbonyl (C=O) groups excluding carboxylic acids is 1. The van der Waals surface area contributed by atoms with Gasteiger partial charge < -0.3 is 20.8 Å². The third-order valence-electron chi connectivity index (χ3n) is 3.05. The number of phenolic OH excluding ortho intramolecular Hbond substituents is 2. The second kappa shape index (κ2) is 7.12. The fraction of sp³-hybridized carbons (Fsp3) is 0.133. The number of nitrogens with one attached hydrogen (secondary N) is 2. The fourth-order valence-corrected chi connectivity index (χ4v) is 1.92. The van der Waals surface area contributed by atoms with Gasteiger partial charge >= 0.3 is 6.03 Å². The highest BCUT2D eigenvalue weighted by Crippen LogP contribution is 2.24. The largest absolute Gasteiger partial charge is 0.504 e. The van der Waals surface area contributed by atoms with Crippen molar-refractivity contribution in [1.82, 2.24) is 5.32 Å². The number of phenols is 2. The van der Waals surface area contributed by atoms with Gasteiger partial charge in [-0.3, -0.25) is 10.1 Å². The fourth-order valence-electron chi connectivity index (χ4n) is 1.92. The lowest BCUT2D eigenvalue weighted by atomic mass is 10.1. The highest BCUT2D eigenvalue weighted by molar-refractivity contribution is 5.89. The van der Waals surface area contributed by atoms with Crippen LogP contribution in [0.5, 0.6) is 11.5 Å². The van der Waals surface area contributed by atoms with Gasteiger partial charge in [0.25, 0.3) is 5.69 Å². The highest BCUT2D eigenvalue weighted by Gasteiger charge is 2.08. The third kappa shape index (κ3) is 4.60. The second-order valence-electron chi connectivity index (χ2n) is 4.76. The molecule has 0 aromatic heterocycles. The van der Waals surface area contributed by atoms with E-state index in [0.29, 0.717) is 18.7 Å². The molecular formula is C15H15N3O5. The summed E-state index contributed by atoms with van der Waals surface area (Å²) in [6.07, 6.45) is 0.455. The van der Waals surface area contributed by atoms with E-state index in [4.69, 9.17) is 0 Å². The van der Waals surface area contributed by atoms with Gasteiger partial charge in [-0.15, -0.1) is 0 Å². The Labute approximate surface area is 131 Å². The van der Waals surface area contributed by atoms with Crippen molar-refractivity contribution in [2.24, 2.45) is 0 Å². The molecule has 0 aliphatic carbocycles. The summed E-state index contributed by atoms with van der Waals surface area (Å²) in [6, 6.07) is 9.54. The molecule has 8 heteroatoms. The summed E-state index contributed by atoms with van der Waals surface area (Å²) in [7, 11) is 0. The van der Waals surface area contributed by atoms with E-state index in [9.17, 15) is 25.1 Å². The van der Waals surface area contributed by atoms with E-state index in [1.807, 2.05) is 0 Å². The van der Waals surface area contributed by atoms with E-state index in [-0.39, 0.29) is 17.2 Å². The van der Waals surface area contributed by atoms with Gasteiger partial charge in [-0.1, -0.05) is 12.1 Å². The summed E-state index contributed by atoms with van der Waals surface area (Å²) in [4.78, 5) is 21.8. The van der Waals surface area contributed by atoms with Gasteiger partial charge in [0.05, 0.1) is 4.92 Å². The zero-order valence-electron chi connectivity index (χ0n) is 12.0. The lowest BCUT2D eigenvalue weighted by molar-refractivity contribution is -0.384. The number of carbonyl (C=O) groups is 1. The normalized spacial score (nSPS) is 10.1. The average Bonchev–Trinajstić information content (AvgIpc) is 2.51. The maximum absolute atomic E-state index is 11.7. The number of hydrogen-bond acceptors (Lipinski definition) is 5. The number of anilines is 1. The van der Waals surface area contributed by atoms with Gasteiger partial charge in [0.2, 0.25) is 0 Å².